The minimum atomic E-state index is -2.93. The molecule has 1 unspecified atom stereocenters. The highest BCUT2D eigenvalue weighted by atomic mass is 32.2. The van der Waals surface area contributed by atoms with E-state index in [0.29, 0.717) is 31.4 Å². The van der Waals surface area contributed by atoms with E-state index in [1.807, 2.05) is 12.3 Å². The molecule has 1 saturated carbocycles. The van der Waals surface area contributed by atoms with Crippen LogP contribution >= 0.6 is 23.7 Å². The second-order valence-corrected chi connectivity index (χ2v) is 9.77. The van der Waals surface area contributed by atoms with E-state index in [0.717, 1.165) is 28.9 Å². The number of thioether (sulfide) groups is 1. The van der Waals surface area contributed by atoms with Gasteiger partial charge in [-0.25, -0.2) is 13.8 Å². The number of hydrogen-bond donors (Lipinski definition) is 4. The topological polar surface area (TPSA) is 116 Å². The van der Waals surface area contributed by atoms with Crippen LogP contribution in [-0.2, 0) is 0 Å². The summed E-state index contributed by atoms with van der Waals surface area (Å²) in [5.41, 5.74) is 1.70. The van der Waals surface area contributed by atoms with Gasteiger partial charge in [-0.05, 0) is 49.5 Å². The molecule has 0 spiro atoms. The summed E-state index contributed by atoms with van der Waals surface area (Å²) in [4.78, 5) is 7.30. The molecule has 2 aromatic rings. The Bertz CT molecular complexity index is 1060. The Morgan fingerprint density at radius 1 is 1.45 bits per heavy atom. The second-order valence-electron chi connectivity index (χ2n) is 7.84. The summed E-state index contributed by atoms with van der Waals surface area (Å²) in [5.74, 6) is 0.207. The summed E-state index contributed by atoms with van der Waals surface area (Å²) in [6.07, 6.45) is 2.72. The van der Waals surface area contributed by atoms with Gasteiger partial charge in [-0.2, -0.15) is 5.26 Å². The number of nitriles is 1. The maximum atomic E-state index is 12.8. The predicted molar refractivity (Wildman–Crippen MR) is 120 cm³/mol. The first kappa shape index (κ1) is 22.0. The van der Waals surface area contributed by atoms with E-state index in [2.05, 4.69) is 32.9 Å². The average molecular weight is 465 g/mol. The quantitative estimate of drug-likeness (QED) is 0.295. The van der Waals surface area contributed by atoms with E-state index in [9.17, 15) is 14.0 Å². The lowest BCUT2D eigenvalue weighted by atomic mass is 10.2. The lowest BCUT2D eigenvalue weighted by Crippen LogP contribution is -2.50. The molecular weight excluding hydrogens is 442 g/mol. The molecule has 0 amide bonds. The van der Waals surface area contributed by atoms with Gasteiger partial charge in [-0.3, -0.25) is 25.3 Å². The number of pyridine rings is 1. The largest absolute Gasteiger partial charge is 0.366 e. The molecule has 31 heavy (non-hydrogen) atoms. The summed E-state index contributed by atoms with van der Waals surface area (Å²) in [6.45, 7) is 4.03. The number of nitrogens with one attached hydrogen (secondary N) is 4. The fraction of sp³-hybridized carbons (Fsp3) is 0.474. The second kappa shape index (κ2) is 8.74. The van der Waals surface area contributed by atoms with Crippen LogP contribution in [-0.4, -0.2) is 57.1 Å². The van der Waals surface area contributed by atoms with Crippen LogP contribution in [0, 0.1) is 22.1 Å². The molecule has 4 rings (SSSR count). The number of anilines is 1. The SMILES string of the molecule is CC1(NSc2cc(N3CCNC(C#N)C3)c3cnc(C(=N)SC(=N)C(F)F)n3c2)CC1. The number of halogens is 2. The Hall–Kier alpha value is -2.20. The summed E-state index contributed by atoms with van der Waals surface area (Å²) in [5, 5.41) is 27.0. The molecule has 2 aliphatic rings. The van der Waals surface area contributed by atoms with Gasteiger partial charge in [0.05, 0.1) is 23.5 Å². The zero-order valence-electron chi connectivity index (χ0n) is 16.8. The van der Waals surface area contributed by atoms with E-state index in [-0.39, 0.29) is 22.4 Å². The van der Waals surface area contributed by atoms with Crippen molar-refractivity contribution in [3.8, 4) is 6.07 Å². The van der Waals surface area contributed by atoms with E-state index < -0.39 is 11.5 Å². The van der Waals surface area contributed by atoms with Crippen molar-refractivity contribution < 1.29 is 8.78 Å². The molecule has 4 N–H and O–H groups in total. The molecule has 3 heterocycles. The fourth-order valence-electron chi connectivity index (χ4n) is 3.26. The van der Waals surface area contributed by atoms with Crippen molar-refractivity contribution in [1.82, 2.24) is 19.4 Å². The van der Waals surface area contributed by atoms with Crippen molar-refractivity contribution in [3.05, 3.63) is 24.3 Å². The molecule has 1 aliphatic heterocycles. The van der Waals surface area contributed by atoms with Crippen LogP contribution in [0.25, 0.3) is 5.52 Å². The zero-order chi connectivity index (χ0) is 22.2. The summed E-state index contributed by atoms with van der Waals surface area (Å²) in [7, 11) is 0. The molecule has 2 fully saturated rings. The number of hydrogen-bond acceptors (Lipinski definition) is 9. The number of piperazine rings is 1. The molecule has 0 radical (unpaired) electrons. The standard InChI is InChI=1S/C19H22F2N8S2/c1-19(2-3-19)27-31-12-6-13(28-5-4-25-11(7-22)9-28)14-8-26-18(29(14)10-12)17(24)30-16(23)15(20)21/h6,8,10-11,15,23-25,27H,2-5,9H2,1H3. The first-order valence-corrected chi connectivity index (χ1v) is 11.4. The number of alkyl halides is 2. The van der Waals surface area contributed by atoms with Crippen LogP contribution in [0.2, 0.25) is 0 Å². The summed E-state index contributed by atoms with van der Waals surface area (Å²) >= 11 is 1.89. The Kier molecular flexibility index (Phi) is 6.20. The maximum absolute atomic E-state index is 12.8. The fourth-order valence-corrected chi connectivity index (χ4v) is 4.71. The Labute approximate surface area is 186 Å². The molecule has 1 aliphatic carbocycles. The van der Waals surface area contributed by atoms with Crippen LogP contribution < -0.4 is 14.9 Å². The molecule has 0 aromatic carbocycles. The van der Waals surface area contributed by atoms with Gasteiger partial charge in [0.2, 0.25) is 0 Å². The van der Waals surface area contributed by atoms with Crippen LogP contribution in [0.15, 0.2) is 23.4 Å². The van der Waals surface area contributed by atoms with Crippen LogP contribution in [0.1, 0.15) is 25.6 Å². The smallest absolute Gasteiger partial charge is 0.285 e. The van der Waals surface area contributed by atoms with Gasteiger partial charge in [-0.1, -0.05) is 0 Å². The van der Waals surface area contributed by atoms with Crippen molar-refractivity contribution >= 4 is 45.0 Å². The third kappa shape index (κ3) is 4.85. The minimum Gasteiger partial charge on any atom is -0.366 e. The molecular formula is C19H22F2N8S2. The number of imidazole rings is 1. The highest BCUT2D eigenvalue weighted by molar-refractivity contribution is 8.26. The van der Waals surface area contributed by atoms with Crippen LogP contribution in [0.3, 0.4) is 0 Å². The maximum Gasteiger partial charge on any atom is 0.285 e. The van der Waals surface area contributed by atoms with Crippen molar-refractivity contribution in [2.45, 2.75) is 42.7 Å². The van der Waals surface area contributed by atoms with Crippen molar-refractivity contribution in [1.29, 1.82) is 16.1 Å². The highest BCUT2D eigenvalue weighted by Crippen LogP contribution is 2.38. The Morgan fingerprint density at radius 2 is 2.23 bits per heavy atom. The van der Waals surface area contributed by atoms with Gasteiger partial charge in [0, 0.05) is 36.3 Å². The van der Waals surface area contributed by atoms with Crippen LogP contribution in [0.4, 0.5) is 14.5 Å². The highest BCUT2D eigenvalue weighted by Gasteiger charge is 2.37. The van der Waals surface area contributed by atoms with Gasteiger partial charge >= 0.3 is 0 Å². The van der Waals surface area contributed by atoms with Gasteiger partial charge in [0.25, 0.3) is 6.43 Å². The zero-order valence-corrected chi connectivity index (χ0v) is 18.4. The van der Waals surface area contributed by atoms with E-state index in [4.69, 9.17) is 10.8 Å². The number of rotatable bonds is 6. The minimum absolute atomic E-state index is 0.105. The Morgan fingerprint density at radius 3 is 2.90 bits per heavy atom. The molecule has 2 aromatic heterocycles. The molecule has 12 heteroatoms. The van der Waals surface area contributed by atoms with Crippen LogP contribution in [0.5, 0.6) is 0 Å². The molecule has 1 saturated heterocycles. The number of nitrogens with zero attached hydrogens (tertiary/aromatic N) is 4. The van der Waals surface area contributed by atoms with Gasteiger partial charge in [-0.15, -0.1) is 0 Å². The molecule has 0 bridgehead atoms. The van der Waals surface area contributed by atoms with Gasteiger partial charge in [0.1, 0.15) is 16.1 Å². The first-order chi connectivity index (χ1) is 14.8. The molecule has 8 nitrogen and oxygen atoms in total. The normalized spacial score (nSPS) is 20.1. The third-order valence-electron chi connectivity index (χ3n) is 5.30. The van der Waals surface area contributed by atoms with Gasteiger partial charge in [0.15, 0.2) is 5.82 Å². The predicted octanol–water partition coefficient (Wildman–Crippen LogP) is 3.09. The lowest BCUT2D eigenvalue weighted by molar-refractivity contribution is 0.228. The van der Waals surface area contributed by atoms with Crippen molar-refractivity contribution in [2.24, 2.45) is 0 Å². The summed E-state index contributed by atoms with van der Waals surface area (Å²) < 4.78 is 30.7. The van der Waals surface area contributed by atoms with E-state index >= 15 is 0 Å². The molecule has 1 atom stereocenters. The van der Waals surface area contributed by atoms with Gasteiger partial charge < -0.3 is 4.90 Å². The monoisotopic (exact) mass is 464 g/mol. The number of aromatic nitrogens is 2. The van der Waals surface area contributed by atoms with Crippen molar-refractivity contribution in [2.75, 3.05) is 24.5 Å². The first-order valence-electron chi connectivity index (χ1n) is 9.76. The third-order valence-corrected chi connectivity index (χ3v) is 7.13. The van der Waals surface area contributed by atoms with Crippen molar-refractivity contribution in [3.63, 3.8) is 0 Å². The summed E-state index contributed by atoms with van der Waals surface area (Å²) in [6, 6.07) is 3.99. The average Bonchev–Trinajstić information content (AvgIpc) is 3.34. The lowest BCUT2D eigenvalue weighted by Gasteiger charge is -2.33. The number of fused-ring (bicyclic) bond motifs is 1. The molecule has 164 valence electrons. The Balaban J connectivity index is 1.71. The van der Waals surface area contributed by atoms with E-state index in [1.165, 1.54) is 11.9 Å². The van der Waals surface area contributed by atoms with E-state index in [1.54, 1.807) is 10.6 Å².